The fourth-order valence-corrected chi connectivity index (χ4v) is 5.15. The van der Waals surface area contributed by atoms with Gasteiger partial charge in [-0.25, -0.2) is 13.8 Å². The number of carbonyl (C=O) groups excluding carboxylic acids is 1. The molecule has 0 unspecified atom stereocenters. The van der Waals surface area contributed by atoms with E-state index in [0.717, 1.165) is 30.7 Å². The predicted octanol–water partition coefficient (Wildman–Crippen LogP) is 4.94. The van der Waals surface area contributed by atoms with E-state index in [2.05, 4.69) is 26.5 Å². The Morgan fingerprint density at radius 3 is 2.32 bits per heavy atom. The van der Waals surface area contributed by atoms with Crippen LogP contribution in [0.3, 0.4) is 0 Å². The van der Waals surface area contributed by atoms with E-state index in [4.69, 9.17) is 0 Å². The molecule has 0 aliphatic carbocycles. The lowest BCUT2D eigenvalue weighted by molar-refractivity contribution is -0.121. The van der Waals surface area contributed by atoms with E-state index in [1.54, 1.807) is 18.3 Å². The Labute approximate surface area is 207 Å². The molecule has 34 heavy (non-hydrogen) atoms. The number of nitrogens with zero attached hydrogens (tertiary/aromatic N) is 2. The first-order chi connectivity index (χ1) is 16.4. The quantitative estimate of drug-likeness (QED) is 0.256. The fraction of sp³-hybridized carbons (Fsp3) is 0.0769. The van der Waals surface area contributed by atoms with Crippen molar-refractivity contribution >= 4 is 48.8 Å². The lowest BCUT2D eigenvalue weighted by Crippen LogP contribution is -2.39. The summed E-state index contributed by atoms with van der Waals surface area (Å²) >= 11 is 3.32. The highest BCUT2D eigenvalue weighted by molar-refractivity contribution is 9.10. The van der Waals surface area contributed by atoms with Crippen molar-refractivity contribution in [3.8, 4) is 0 Å². The maximum Gasteiger partial charge on any atom is 0.255 e. The highest BCUT2D eigenvalue weighted by Crippen LogP contribution is 2.21. The van der Waals surface area contributed by atoms with E-state index in [-0.39, 0.29) is 18.0 Å². The summed E-state index contributed by atoms with van der Waals surface area (Å²) in [6.07, 6.45) is 1.56. The molecule has 172 valence electrons. The van der Waals surface area contributed by atoms with Gasteiger partial charge in [-0.2, -0.15) is 9.41 Å². The Hall–Kier alpha value is -3.33. The third-order valence-electron chi connectivity index (χ3n) is 5.19. The van der Waals surface area contributed by atoms with Crippen LogP contribution in [-0.2, 0) is 21.4 Å². The van der Waals surface area contributed by atoms with Gasteiger partial charge in [-0.05, 0) is 40.6 Å². The first kappa shape index (κ1) is 23.8. The molecule has 0 bridgehead atoms. The van der Waals surface area contributed by atoms with Crippen LogP contribution in [0.5, 0.6) is 0 Å². The third-order valence-corrected chi connectivity index (χ3v) is 7.52. The van der Waals surface area contributed by atoms with Gasteiger partial charge in [-0.1, -0.05) is 88.7 Å². The molecule has 4 aromatic rings. The largest absolute Gasteiger partial charge is 0.272 e. The summed E-state index contributed by atoms with van der Waals surface area (Å²) < 4.78 is 28.5. The number of nitrogens with one attached hydrogen (secondary N) is 1. The van der Waals surface area contributed by atoms with Crippen molar-refractivity contribution in [3.05, 3.63) is 113 Å². The summed E-state index contributed by atoms with van der Waals surface area (Å²) in [7, 11) is -3.92. The van der Waals surface area contributed by atoms with Gasteiger partial charge < -0.3 is 0 Å². The van der Waals surface area contributed by atoms with E-state index in [1.807, 2.05) is 72.8 Å². The molecule has 0 aliphatic heterocycles. The second-order valence-corrected chi connectivity index (χ2v) is 10.4. The Balaban J connectivity index is 1.53. The summed E-state index contributed by atoms with van der Waals surface area (Å²) in [6, 6.07) is 29.2. The molecule has 0 saturated carbocycles. The lowest BCUT2D eigenvalue weighted by Gasteiger charge is -2.21. The molecule has 0 saturated heterocycles. The summed E-state index contributed by atoms with van der Waals surface area (Å²) in [5, 5.41) is 6.13. The number of sulfonamides is 1. The zero-order chi connectivity index (χ0) is 24.0. The number of halogens is 1. The van der Waals surface area contributed by atoms with Gasteiger partial charge in [0.1, 0.15) is 0 Å². The topological polar surface area (TPSA) is 78.8 Å². The molecule has 1 amide bonds. The van der Waals surface area contributed by atoms with Crippen LogP contribution in [-0.4, -0.2) is 31.4 Å². The van der Waals surface area contributed by atoms with Crippen molar-refractivity contribution in [3.63, 3.8) is 0 Å². The molecule has 6 nitrogen and oxygen atoms in total. The van der Waals surface area contributed by atoms with Crippen LogP contribution >= 0.6 is 15.9 Å². The third kappa shape index (κ3) is 5.77. The first-order valence-corrected chi connectivity index (χ1v) is 12.8. The second-order valence-electron chi connectivity index (χ2n) is 7.57. The molecular weight excluding hydrogens is 514 g/mol. The van der Waals surface area contributed by atoms with E-state index in [0.29, 0.717) is 0 Å². The summed E-state index contributed by atoms with van der Waals surface area (Å²) in [5.74, 6) is -0.534. The van der Waals surface area contributed by atoms with Gasteiger partial charge in [0.25, 0.3) is 5.91 Å². The first-order valence-electron chi connectivity index (χ1n) is 10.5. The molecule has 0 fully saturated rings. The summed E-state index contributed by atoms with van der Waals surface area (Å²) in [5.41, 5.74) is 4.08. The zero-order valence-corrected chi connectivity index (χ0v) is 20.5. The lowest BCUT2D eigenvalue weighted by atomic mass is 10.1. The average molecular weight is 536 g/mol. The molecule has 0 heterocycles. The molecule has 1 N–H and O–H groups in total. The highest BCUT2D eigenvalue weighted by atomic mass is 79.9. The van der Waals surface area contributed by atoms with Crippen LogP contribution in [0.1, 0.15) is 11.1 Å². The molecule has 4 aromatic carbocycles. The van der Waals surface area contributed by atoms with E-state index < -0.39 is 15.9 Å². The van der Waals surface area contributed by atoms with Crippen molar-refractivity contribution < 1.29 is 13.2 Å². The van der Waals surface area contributed by atoms with Gasteiger partial charge in [0.15, 0.2) is 0 Å². The van der Waals surface area contributed by atoms with E-state index in [9.17, 15) is 13.2 Å². The number of benzene rings is 4. The van der Waals surface area contributed by atoms with Gasteiger partial charge in [-0.3, -0.25) is 4.79 Å². The SMILES string of the molecule is O=C(CN(Cc1ccccc1)S(=O)(=O)c1ccc(Br)cc1)N/N=C\c1cccc2ccccc12. The van der Waals surface area contributed by atoms with Crippen molar-refractivity contribution in [1.82, 2.24) is 9.73 Å². The van der Waals surface area contributed by atoms with Crippen LogP contribution in [0.25, 0.3) is 10.8 Å². The Morgan fingerprint density at radius 2 is 1.56 bits per heavy atom. The predicted molar refractivity (Wildman–Crippen MR) is 138 cm³/mol. The molecule has 0 radical (unpaired) electrons. The maximum absolute atomic E-state index is 13.3. The van der Waals surface area contributed by atoms with Crippen LogP contribution in [0.2, 0.25) is 0 Å². The molecule has 4 rings (SSSR count). The molecule has 0 aliphatic rings. The highest BCUT2D eigenvalue weighted by Gasteiger charge is 2.27. The minimum atomic E-state index is -3.92. The molecule has 8 heteroatoms. The summed E-state index contributed by atoms with van der Waals surface area (Å²) in [6.45, 7) is -0.320. The maximum atomic E-state index is 13.3. The Kier molecular flexibility index (Phi) is 7.52. The van der Waals surface area contributed by atoms with Crippen LogP contribution in [0.4, 0.5) is 0 Å². The van der Waals surface area contributed by atoms with Crippen molar-refractivity contribution in [2.75, 3.05) is 6.54 Å². The normalized spacial score (nSPS) is 11.8. The smallest absolute Gasteiger partial charge is 0.255 e. The second kappa shape index (κ2) is 10.7. The van der Waals surface area contributed by atoms with Gasteiger partial charge >= 0.3 is 0 Å². The van der Waals surface area contributed by atoms with Gasteiger partial charge in [0.2, 0.25) is 10.0 Å². The number of hydrazone groups is 1. The van der Waals surface area contributed by atoms with Crippen molar-refractivity contribution in [2.24, 2.45) is 5.10 Å². The minimum Gasteiger partial charge on any atom is -0.272 e. The number of hydrogen-bond acceptors (Lipinski definition) is 4. The fourth-order valence-electron chi connectivity index (χ4n) is 3.50. The van der Waals surface area contributed by atoms with Crippen molar-refractivity contribution in [1.29, 1.82) is 0 Å². The van der Waals surface area contributed by atoms with Crippen LogP contribution in [0.15, 0.2) is 112 Å². The van der Waals surface area contributed by atoms with E-state index in [1.165, 1.54) is 12.1 Å². The number of fused-ring (bicyclic) bond motifs is 1. The average Bonchev–Trinajstić information content (AvgIpc) is 2.85. The minimum absolute atomic E-state index is 0.0553. The van der Waals surface area contributed by atoms with Crippen LogP contribution < -0.4 is 5.43 Å². The summed E-state index contributed by atoms with van der Waals surface area (Å²) in [4.78, 5) is 12.8. The number of hydrogen-bond donors (Lipinski definition) is 1. The van der Waals surface area contributed by atoms with Gasteiger partial charge in [0, 0.05) is 16.6 Å². The molecule has 0 spiro atoms. The molecule has 0 atom stereocenters. The van der Waals surface area contributed by atoms with Crippen LogP contribution in [0, 0.1) is 0 Å². The number of rotatable bonds is 8. The Morgan fingerprint density at radius 1 is 0.882 bits per heavy atom. The number of carbonyl (C=O) groups is 1. The van der Waals surface area contributed by atoms with Crippen molar-refractivity contribution in [2.45, 2.75) is 11.4 Å². The Bertz CT molecular complexity index is 1420. The standard InChI is InChI=1S/C26H22BrN3O3S/c27-23-13-15-24(16-14-23)34(32,33)30(18-20-7-2-1-3-8-20)19-26(31)29-28-17-22-11-6-10-21-9-4-5-12-25(21)22/h1-17H,18-19H2,(H,29,31)/b28-17-. The molecular formula is C26H22BrN3O3S. The monoisotopic (exact) mass is 535 g/mol. The van der Waals surface area contributed by atoms with E-state index >= 15 is 0 Å². The zero-order valence-electron chi connectivity index (χ0n) is 18.1. The number of amides is 1. The van der Waals surface area contributed by atoms with Gasteiger partial charge in [0.05, 0.1) is 17.7 Å². The van der Waals surface area contributed by atoms with Gasteiger partial charge in [-0.15, -0.1) is 0 Å². The molecule has 0 aromatic heterocycles.